The van der Waals surface area contributed by atoms with E-state index in [2.05, 4.69) is 57.4 Å². The lowest BCUT2D eigenvalue weighted by Gasteiger charge is -2.04. The van der Waals surface area contributed by atoms with Crippen molar-refractivity contribution in [3.05, 3.63) is 64.1 Å². The Kier molecular flexibility index (Phi) is 3.55. The van der Waals surface area contributed by atoms with Gasteiger partial charge in [0.25, 0.3) is 0 Å². The average molecular weight is 423 g/mol. The van der Waals surface area contributed by atoms with Crippen molar-refractivity contribution in [3.8, 4) is 21.0 Å². The van der Waals surface area contributed by atoms with Crippen molar-refractivity contribution in [2.45, 2.75) is 13.3 Å². The first kappa shape index (κ1) is 15.9. The van der Waals surface area contributed by atoms with Gasteiger partial charge in [0.2, 0.25) is 5.91 Å². The Morgan fingerprint density at radius 2 is 1.88 bits per heavy atom. The van der Waals surface area contributed by atoms with Gasteiger partial charge in [-0.05, 0) is 41.8 Å². The molecule has 0 spiro atoms. The van der Waals surface area contributed by atoms with Crippen LogP contribution in [0.4, 0.5) is 5.69 Å². The number of thiophene rings is 1. The van der Waals surface area contributed by atoms with Crippen molar-refractivity contribution in [3.63, 3.8) is 0 Å². The maximum absolute atomic E-state index is 12.6. The third-order valence-corrected chi connectivity index (χ3v) is 6.73. The van der Waals surface area contributed by atoms with Gasteiger partial charge in [-0.25, -0.2) is 0 Å². The summed E-state index contributed by atoms with van der Waals surface area (Å²) in [6.07, 6.45) is 0.382. The molecule has 0 atom stereocenters. The molecule has 0 saturated carbocycles. The zero-order valence-electron chi connectivity index (χ0n) is 14.0. The smallest absolute Gasteiger partial charge is 0.228 e. The van der Waals surface area contributed by atoms with Crippen LogP contribution in [0, 0.1) is 6.92 Å². The normalized spacial score (nSPS) is 13.2. The lowest BCUT2D eigenvalue weighted by atomic mass is 10.1. The molecule has 1 aliphatic rings. The van der Waals surface area contributed by atoms with Crippen molar-refractivity contribution < 1.29 is 4.79 Å². The molecule has 0 fully saturated rings. The van der Waals surface area contributed by atoms with E-state index < -0.39 is 0 Å². The van der Waals surface area contributed by atoms with E-state index in [1.54, 1.807) is 11.3 Å². The highest BCUT2D eigenvalue weighted by atomic mass is 79.9. The summed E-state index contributed by atoms with van der Waals surface area (Å²) in [4.78, 5) is 18.5. The van der Waals surface area contributed by atoms with Crippen molar-refractivity contribution in [2.75, 3.05) is 5.32 Å². The van der Waals surface area contributed by atoms with Gasteiger partial charge in [-0.15, -0.1) is 11.3 Å². The highest BCUT2D eigenvalue weighted by Gasteiger charge is 2.27. The second kappa shape index (κ2) is 5.83. The molecule has 4 aromatic rings. The van der Waals surface area contributed by atoms with E-state index >= 15 is 0 Å². The van der Waals surface area contributed by atoms with E-state index in [0.29, 0.717) is 6.42 Å². The Morgan fingerprint density at radius 3 is 2.69 bits per heavy atom. The fourth-order valence-electron chi connectivity index (χ4n) is 3.65. The molecule has 1 amide bonds. The molecule has 0 aliphatic carbocycles. The summed E-state index contributed by atoms with van der Waals surface area (Å²) < 4.78 is 1.02. The van der Waals surface area contributed by atoms with Crippen LogP contribution in [0.2, 0.25) is 0 Å². The topological polar surface area (TPSA) is 44.9 Å². The number of carbonyl (C=O) groups is 1. The van der Waals surface area contributed by atoms with Crippen molar-refractivity contribution in [2.24, 2.45) is 0 Å². The van der Waals surface area contributed by atoms with Crippen molar-refractivity contribution in [1.29, 1.82) is 0 Å². The number of fused-ring (bicyclic) bond motifs is 5. The molecule has 2 aromatic heterocycles. The predicted molar refractivity (Wildman–Crippen MR) is 112 cm³/mol. The molecule has 0 unspecified atom stereocenters. The van der Waals surface area contributed by atoms with E-state index in [1.807, 2.05) is 24.3 Å². The van der Waals surface area contributed by atoms with Gasteiger partial charge in [0, 0.05) is 20.3 Å². The first-order chi connectivity index (χ1) is 12.6. The van der Waals surface area contributed by atoms with Crippen LogP contribution in [-0.4, -0.2) is 10.9 Å². The summed E-state index contributed by atoms with van der Waals surface area (Å²) in [5.74, 6) is 0.0337. The number of benzene rings is 2. The minimum atomic E-state index is 0.0337. The van der Waals surface area contributed by atoms with E-state index in [0.717, 1.165) is 42.8 Å². The van der Waals surface area contributed by atoms with E-state index in [9.17, 15) is 4.79 Å². The number of aromatic nitrogens is 1. The third kappa shape index (κ3) is 2.35. The van der Waals surface area contributed by atoms with Gasteiger partial charge >= 0.3 is 0 Å². The molecule has 3 heterocycles. The van der Waals surface area contributed by atoms with Gasteiger partial charge < -0.3 is 10.3 Å². The number of halogens is 1. The summed E-state index contributed by atoms with van der Waals surface area (Å²) >= 11 is 5.28. The number of nitrogens with one attached hydrogen (secondary N) is 2. The highest BCUT2D eigenvalue weighted by Crippen LogP contribution is 2.48. The molecule has 5 rings (SSSR count). The lowest BCUT2D eigenvalue weighted by Crippen LogP contribution is -2.13. The monoisotopic (exact) mass is 422 g/mol. The van der Waals surface area contributed by atoms with Crippen LogP contribution < -0.4 is 5.32 Å². The molecule has 0 radical (unpaired) electrons. The minimum Gasteiger partial charge on any atom is -0.354 e. The maximum atomic E-state index is 12.6. The number of aromatic amines is 1. The number of carbonyl (C=O) groups excluding carboxylic acids is 1. The summed E-state index contributed by atoms with van der Waals surface area (Å²) in [6, 6.07) is 16.5. The quantitative estimate of drug-likeness (QED) is 0.380. The van der Waals surface area contributed by atoms with Crippen LogP contribution >= 0.6 is 27.3 Å². The van der Waals surface area contributed by atoms with Crippen molar-refractivity contribution in [1.82, 2.24) is 4.98 Å². The van der Waals surface area contributed by atoms with Crippen LogP contribution in [0.1, 0.15) is 11.1 Å². The highest BCUT2D eigenvalue weighted by molar-refractivity contribution is 9.10. The molecule has 1 aliphatic heterocycles. The Hall–Kier alpha value is -2.37. The molecule has 0 saturated heterocycles. The number of anilines is 1. The lowest BCUT2D eigenvalue weighted by molar-refractivity contribution is -0.115. The largest absolute Gasteiger partial charge is 0.354 e. The average Bonchev–Trinajstić information content (AvgIpc) is 3.10. The molecule has 2 N–H and O–H groups in total. The fourth-order valence-corrected chi connectivity index (χ4v) is 5.30. The Labute approximate surface area is 163 Å². The van der Waals surface area contributed by atoms with Crippen molar-refractivity contribution >= 4 is 49.8 Å². The van der Waals surface area contributed by atoms with Crippen LogP contribution in [0.15, 0.2) is 53.0 Å². The zero-order chi connectivity index (χ0) is 17.8. The zero-order valence-corrected chi connectivity index (χ0v) is 16.4. The Balaban J connectivity index is 1.81. The molecular formula is C21H15BrN2OS. The fraction of sp³-hybridized carbons (Fsp3) is 0.0952. The van der Waals surface area contributed by atoms with E-state index in [-0.39, 0.29) is 5.91 Å². The molecule has 5 heteroatoms. The predicted octanol–water partition coefficient (Wildman–Crippen LogP) is 6.13. The minimum absolute atomic E-state index is 0.0337. The molecule has 128 valence electrons. The molecule has 3 nitrogen and oxygen atoms in total. The summed E-state index contributed by atoms with van der Waals surface area (Å²) in [6.45, 7) is 2.09. The second-order valence-electron chi connectivity index (χ2n) is 6.52. The van der Waals surface area contributed by atoms with Crippen LogP contribution in [0.25, 0.3) is 31.9 Å². The first-order valence-electron chi connectivity index (χ1n) is 8.41. The van der Waals surface area contributed by atoms with Gasteiger partial charge in [0.05, 0.1) is 22.7 Å². The number of rotatable bonds is 1. The number of H-pyrrole nitrogens is 1. The summed E-state index contributed by atoms with van der Waals surface area (Å²) in [5, 5.41) is 4.23. The van der Waals surface area contributed by atoms with E-state index in [4.69, 9.17) is 0 Å². The van der Waals surface area contributed by atoms with Gasteiger partial charge in [-0.1, -0.05) is 46.3 Å². The SMILES string of the molecule is Cc1c(-c2ccccc2)sc2c1NC(=O)Cc1c-2[nH]c2ccc(Br)cc12. The van der Waals surface area contributed by atoms with Crippen LogP contribution in [0.5, 0.6) is 0 Å². The second-order valence-corrected chi connectivity index (χ2v) is 8.46. The summed E-state index contributed by atoms with van der Waals surface area (Å²) in [5.41, 5.74) is 6.42. The number of amides is 1. The standard InChI is InChI=1S/C21H15BrN2OS/c1-11-18-21(26-20(11)12-5-3-2-4-6-12)19-15(10-17(25)24-18)14-9-13(22)7-8-16(14)23-19/h2-9,23H,10H2,1H3,(H,24,25). The van der Waals surface area contributed by atoms with Crippen LogP contribution in [-0.2, 0) is 11.2 Å². The Bertz CT molecular complexity index is 1170. The van der Waals surface area contributed by atoms with E-state index in [1.165, 1.54) is 10.4 Å². The molecule has 0 bridgehead atoms. The van der Waals surface area contributed by atoms with Gasteiger partial charge in [-0.3, -0.25) is 4.79 Å². The van der Waals surface area contributed by atoms with Gasteiger partial charge in [-0.2, -0.15) is 0 Å². The number of hydrogen-bond donors (Lipinski definition) is 2. The number of hydrogen-bond acceptors (Lipinski definition) is 2. The first-order valence-corrected chi connectivity index (χ1v) is 10.0. The summed E-state index contributed by atoms with van der Waals surface area (Å²) in [7, 11) is 0. The molecule has 26 heavy (non-hydrogen) atoms. The molecule has 2 aromatic carbocycles. The Morgan fingerprint density at radius 1 is 1.08 bits per heavy atom. The third-order valence-electron chi connectivity index (χ3n) is 4.88. The van der Waals surface area contributed by atoms with Gasteiger partial charge in [0.15, 0.2) is 0 Å². The van der Waals surface area contributed by atoms with Gasteiger partial charge in [0.1, 0.15) is 0 Å². The van der Waals surface area contributed by atoms with Crippen LogP contribution in [0.3, 0.4) is 0 Å². The maximum Gasteiger partial charge on any atom is 0.228 e. The molecular weight excluding hydrogens is 408 g/mol.